The van der Waals surface area contributed by atoms with E-state index in [1.54, 1.807) is 0 Å². The third-order valence-corrected chi connectivity index (χ3v) is 3.06. The van der Waals surface area contributed by atoms with Crippen molar-refractivity contribution in [1.82, 2.24) is 0 Å². The van der Waals surface area contributed by atoms with Crippen molar-refractivity contribution < 1.29 is 9.18 Å². The molecule has 0 aliphatic carbocycles. The minimum Gasteiger partial charge on any atom is -0.398 e. The van der Waals surface area contributed by atoms with Crippen LogP contribution >= 0.6 is 15.9 Å². The first-order chi connectivity index (χ1) is 8.56. The first-order valence-electron chi connectivity index (χ1n) is 5.39. The van der Waals surface area contributed by atoms with Crippen LogP contribution in [0.25, 0.3) is 0 Å². The summed E-state index contributed by atoms with van der Waals surface area (Å²) < 4.78 is 14.0. The lowest BCUT2D eigenvalue weighted by molar-refractivity contribution is 0.0993. The molecule has 2 aromatic carbocycles. The van der Waals surface area contributed by atoms with Gasteiger partial charge in [-0.2, -0.15) is 0 Å². The molecule has 0 heterocycles. The van der Waals surface area contributed by atoms with Crippen LogP contribution in [0.4, 0.5) is 10.1 Å². The highest BCUT2D eigenvalue weighted by molar-refractivity contribution is 9.10. The van der Waals surface area contributed by atoms with Gasteiger partial charge in [0.1, 0.15) is 5.82 Å². The van der Waals surface area contributed by atoms with Crippen LogP contribution < -0.4 is 5.73 Å². The van der Waals surface area contributed by atoms with E-state index in [4.69, 9.17) is 5.73 Å². The molecule has 0 atom stereocenters. The lowest BCUT2D eigenvalue weighted by atomic mass is 10.0. The molecule has 0 fully saturated rings. The average molecular weight is 308 g/mol. The summed E-state index contributed by atoms with van der Waals surface area (Å²) in [6.07, 6.45) is 0.201. The Bertz CT molecular complexity index is 598. The zero-order valence-electron chi connectivity index (χ0n) is 9.49. The number of nitrogen functional groups attached to an aromatic ring is 1. The number of ketones is 1. The minimum atomic E-state index is -0.457. The van der Waals surface area contributed by atoms with E-state index < -0.39 is 5.82 Å². The summed E-state index contributed by atoms with van der Waals surface area (Å²) in [7, 11) is 0. The molecule has 2 nitrogen and oxygen atoms in total. The lowest BCUT2D eigenvalue weighted by Crippen LogP contribution is -2.07. The average Bonchev–Trinajstić information content (AvgIpc) is 2.32. The quantitative estimate of drug-likeness (QED) is 0.695. The SMILES string of the molecule is Nc1ccc(F)cc1C(=O)Cc1cccc(Br)c1. The Labute approximate surface area is 113 Å². The van der Waals surface area contributed by atoms with E-state index in [0.29, 0.717) is 5.69 Å². The molecule has 0 amide bonds. The predicted molar refractivity (Wildman–Crippen MR) is 73.0 cm³/mol. The van der Waals surface area contributed by atoms with Crippen molar-refractivity contribution >= 4 is 27.4 Å². The number of carbonyl (C=O) groups is 1. The number of hydrogen-bond donors (Lipinski definition) is 1. The van der Waals surface area contributed by atoms with E-state index in [-0.39, 0.29) is 17.8 Å². The van der Waals surface area contributed by atoms with E-state index in [2.05, 4.69) is 15.9 Å². The van der Waals surface area contributed by atoms with Gasteiger partial charge in [0.2, 0.25) is 0 Å². The highest BCUT2D eigenvalue weighted by Gasteiger charge is 2.11. The highest BCUT2D eigenvalue weighted by Crippen LogP contribution is 2.18. The Hall–Kier alpha value is -1.68. The summed E-state index contributed by atoms with van der Waals surface area (Å²) in [6, 6.07) is 11.3. The Balaban J connectivity index is 2.24. The van der Waals surface area contributed by atoms with Crippen molar-refractivity contribution in [2.75, 3.05) is 5.73 Å². The van der Waals surface area contributed by atoms with Gasteiger partial charge in [0.25, 0.3) is 0 Å². The monoisotopic (exact) mass is 307 g/mol. The fraction of sp³-hybridized carbons (Fsp3) is 0.0714. The van der Waals surface area contributed by atoms with Gasteiger partial charge in [-0.05, 0) is 35.9 Å². The van der Waals surface area contributed by atoms with Gasteiger partial charge in [0.05, 0.1) is 0 Å². The van der Waals surface area contributed by atoms with Gasteiger partial charge < -0.3 is 5.73 Å². The molecule has 0 spiro atoms. The van der Waals surface area contributed by atoms with Crippen molar-refractivity contribution in [1.29, 1.82) is 0 Å². The van der Waals surface area contributed by atoms with E-state index >= 15 is 0 Å². The van der Waals surface area contributed by atoms with E-state index in [9.17, 15) is 9.18 Å². The van der Waals surface area contributed by atoms with E-state index in [0.717, 1.165) is 10.0 Å². The standard InChI is InChI=1S/C14H11BrFNO/c15-10-3-1-2-9(6-10)7-14(18)12-8-11(16)4-5-13(12)17/h1-6,8H,7,17H2. The van der Waals surface area contributed by atoms with Crippen LogP contribution in [0, 0.1) is 5.82 Å². The molecule has 18 heavy (non-hydrogen) atoms. The predicted octanol–water partition coefficient (Wildman–Crippen LogP) is 3.60. The zero-order valence-corrected chi connectivity index (χ0v) is 11.1. The maximum Gasteiger partial charge on any atom is 0.169 e. The molecule has 2 N–H and O–H groups in total. The normalized spacial score (nSPS) is 10.3. The van der Waals surface area contributed by atoms with E-state index in [1.807, 2.05) is 24.3 Å². The third kappa shape index (κ3) is 2.96. The van der Waals surface area contributed by atoms with Crippen molar-refractivity contribution in [2.24, 2.45) is 0 Å². The molecule has 92 valence electrons. The molecule has 0 unspecified atom stereocenters. The largest absolute Gasteiger partial charge is 0.398 e. The van der Waals surface area contributed by atoms with Gasteiger partial charge in [-0.15, -0.1) is 0 Å². The van der Waals surface area contributed by atoms with Gasteiger partial charge in [-0.25, -0.2) is 4.39 Å². The molecule has 2 rings (SSSR count). The topological polar surface area (TPSA) is 43.1 Å². The van der Waals surface area contributed by atoms with Crippen LogP contribution in [-0.2, 0) is 6.42 Å². The van der Waals surface area contributed by atoms with Gasteiger partial charge in [-0.3, -0.25) is 4.79 Å². The third-order valence-electron chi connectivity index (χ3n) is 2.57. The molecular weight excluding hydrogens is 297 g/mol. The molecule has 2 aromatic rings. The Morgan fingerprint density at radius 3 is 2.72 bits per heavy atom. The number of anilines is 1. The summed E-state index contributed by atoms with van der Waals surface area (Å²) in [4.78, 5) is 12.0. The van der Waals surface area contributed by atoms with Crippen LogP contribution in [0.1, 0.15) is 15.9 Å². The van der Waals surface area contributed by atoms with Crippen molar-refractivity contribution in [3.05, 3.63) is 63.9 Å². The molecule has 0 radical (unpaired) electrons. The maximum atomic E-state index is 13.1. The highest BCUT2D eigenvalue weighted by atomic mass is 79.9. The molecule has 0 bridgehead atoms. The number of carbonyl (C=O) groups excluding carboxylic acids is 1. The molecule has 0 aromatic heterocycles. The van der Waals surface area contributed by atoms with Crippen molar-refractivity contribution in [2.45, 2.75) is 6.42 Å². The summed E-state index contributed by atoms with van der Waals surface area (Å²) in [6.45, 7) is 0. The number of nitrogens with two attached hydrogens (primary N) is 1. The number of halogens is 2. The second kappa shape index (κ2) is 5.31. The Kier molecular flexibility index (Phi) is 3.77. The molecule has 0 aliphatic rings. The summed E-state index contributed by atoms with van der Waals surface area (Å²) >= 11 is 3.34. The second-order valence-corrected chi connectivity index (χ2v) is 4.88. The number of rotatable bonds is 3. The van der Waals surface area contributed by atoms with Crippen LogP contribution in [0.2, 0.25) is 0 Å². The van der Waals surface area contributed by atoms with Gasteiger partial charge >= 0.3 is 0 Å². The lowest BCUT2D eigenvalue weighted by Gasteiger charge is -2.05. The summed E-state index contributed by atoms with van der Waals surface area (Å²) in [5, 5.41) is 0. The molecule has 0 saturated heterocycles. The van der Waals surface area contributed by atoms with Crippen LogP contribution in [0.15, 0.2) is 46.9 Å². The van der Waals surface area contributed by atoms with Gasteiger partial charge in [-0.1, -0.05) is 28.1 Å². The van der Waals surface area contributed by atoms with Crippen LogP contribution in [0.5, 0.6) is 0 Å². The van der Waals surface area contributed by atoms with Gasteiger partial charge in [0, 0.05) is 22.1 Å². The van der Waals surface area contributed by atoms with Crippen LogP contribution in [-0.4, -0.2) is 5.78 Å². The molecule has 0 saturated carbocycles. The number of benzene rings is 2. The molecule has 0 aliphatic heterocycles. The first kappa shape index (κ1) is 12.8. The zero-order chi connectivity index (χ0) is 13.1. The van der Waals surface area contributed by atoms with Crippen molar-refractivity contribution in [3.8, 4) is 0 Å². The number of Topliss-reactive ketones (excluding diaryl/α,β-unsaturated/α-hetero) is 1. The number of hydrogen-bond acceptors (Lipinski definition) is 2. The summed E-state index contributed by atoms with van der Waals surface area (Å²) in [5.41, 5.74) is 7.07. The Morgan fingerprint density at radius 2 is 2.00 bits per heavy atom. The van der Waals surface area contributed by atoms with Crippen molar-refractivity contribution in [3.63, 3.8) is 0 Å². The summed E-state index contributed by atoms with van der Waals surface area (Å²) in [5.74, 6) is -0.646. The van der Waals surface area contributed by atoms with Crippen LogP contribution in [0.3, 0.4) is 0 Å². The smallest absolute Gasteiger partial charge is 0.169 e. The molecule has 4 heteroatoms. The molecular formula is C14H11BrFNO. The fourth-order valence-electron chi connectivity index (χ4n) is 1.70. The van der Waals surface area contributed by atoms with E-state index in [1.165, 1.54) is 18.2 Å². The maximum absolute atomic E-state index is 13.1. The second-order valence-electron chi connectivity index (χ2n) is 3.96. The van der Waals surface area contributed by atoms with Gasteiger partial charge in [0.15, 0.2) is 5.78 Å². The minimum absolute atomic E-state index is 0.190. The first-order valence-corrected chi connectivity index (χ1v) is 6.18. The Morgan fingerprint density at radius 1 is 1.22 bits per heavy atom. The fourth-order valence-corrected chi connectivity index (χ4v) is 2.14.